The number of hydrogen-bond donors (Lipinski definition) is 0. The maximum atomic E-state index is 5.59. The zero-order valence-corrected chi connectivity index (χ0v) is 11.7. The lowest BCUT2D eigenvalue weighted by Gasteiger charge is -2.30. The van der Waals surface area contributed by atoms with Crippen LogP contribution in [0, 0.1) is 0 Å². The van der Waals surface area contributed by atoms with Crippen LogP contribution in [0.5, 0.6) is 0 Å². The summed E-state index contributed by atoms with van der Waals surface area (Å²) in [6.07, 6.45) is 5.71. The molecular formula is C13H16N6O. The number of rotatable bonds is 3. The minimum absolute atomic E-state index is 0.345. The standard InChI is InChI=1S/C13H16N6O/c1-9-14-10-5-4-6-11-16-13(20-8-7-18(2)3)17-12(15-9)19(10)11/h4-6H,7-8H2,1-3H3. The Morgan fingerprint density at radius 2 is 2.05 bits per heavy atom. The molecule has 0 aromatic heterocycles. The van der Waals surface area contributed by atoms with E-state index in [0.29, 0.717) is 24.4 Å². The molecule has 0 unspecified atom stereocenters. The summed E-state index contributed by atoms with van der Waals surface area (Å²) < 4.78 is 5.59. The molecule has 0 spiro atoms. The third-order valence-electron chi connectivity index (χ3n) is 2.86. The van der Waals surface area contributed by atoms with Crippen molar-refractivity contribution >= 4 is 23.7 Å². The molecule has 0 aliphatic carbocycles. The van der Waals surface area contributed by atoms with Gasteiger partial charge in [-0.15, -0.1) is 0 Å². The second-order valence-electron chi connectivity index (χ2n) is 4.81. The first kappa shape index (κ1) is 12.7. The molecule has 0 amide bonds. The van der Waals surface area contributed by atoms with Gasteiger partial charge in [0.05, 0.1) is 0 Å². The Kier molecular flexibility index (Phi) is 3.19. The number of hydrogen-bond acceptors (Lipinski definition) is 7. The quantitative estimate of drug-likeness (QED) is 0.764. The Morgan fingerprint density at radius 1 is 1.20 bits per heavy atom. The molecule has 0 saturated heterocycles. The van der Waals surface area contributed by atoms with Gasteiger partial charge in [-0.3, -0.25) is 0 Å². The molecule has 0 N–H and O–H groups in total. The van der Waals surface area contributed by atoms with Crippen molar-refractivity contribution in [2.75, 3.05) is 27.2 Å². The molecule has 0 radical (unpaired) electrons. The van der Waals surface area contributed by atoms with E-state index in [4.69, 9.17) is 4.74 Å². The number of likely N-dealkylation sites (N-methyl/N-ethyl adjacent to an activating group) is 1. The fourth-order valence-electron chi connectivity index (χ4n) is 1.92. The number of ether oxygens (including phenoxy) is 1. The minimum atomic E-state index is 0.345. The molecule has 0 saturated carbocycles. The third-order valence-corrected chi connectivity index (χ3v) is 2.86. The SMILES string of the molecule is CC1=NC2=NC(OCCN(C)C)=NC3=CC=CC(=N1)N32. The van der Waals surface area contributed by atoms with Gasteiger partial charge in [0.1, 0.15) is 24.1 Å². The monoisotopic (exact) mass is 272 g/mol. The van der Waals surface area contributed by atoms with Crippen LogP contribution in [0.1, 0.15) is 6.92 Å². The molecule has 0 aromatic carbocycles. The van der Waals surface area contributed by atoms with Gasteiger partial charge < -0.3 is 9.64 Å². The number of amidine groups is 3. The van der Waals surface area contributed by atoms with Crippen molar-refractivity contribution in [2.24, 2.45) is 20.0 Å². The van der Waals surface area contributed by atoms with Crippen LogP contribution in [-0.2, 0) is 4.74 Å². The number of guanidine groups is 1. The minimum Gasteiger partial charge on any atom is -0.462 e. The Hall–Kier alpha value is -2.28. The predicted octanol–water partition coefficient (Wildman–Crippen LogP) is 0.834. The Morgan fingerprint density at radius 3 is 2.85 bits per heavy atom. The Bertz CT molecular complexity index is 608. The molecule has 0 aromatic rings. The zero-order valence-electron chi connectivity index (χ0n) is 11.7. The first-order valence-corrected chi connectivity index (χ1v) is 6.41. The van der Waals surface area contributed by atoms with E-state index in [-0.39, 0.29) is 0 Å². The summed E-state index contributed by atoms with van der Waals surface area (Å²) in [5, 5.41) is 0. The van der Waals surface area contributed by atoms with Crippen molar-refractivity contribution in [2.45, 2.75) is 6.92 Å². The first-order valence-electron chi connectivity index (χ1n) is 6.41. The maximum absolute atomic E-state index is 5.59. The van der Waals surface area contributed by atoms with Crippen molar-refractivity contribution in [3.63, 3.8) is 0 Å². The van der Waals surface area contributed by atoms with Gasteiger partial charge in [0.25, 0.3) is 0 Å². The maximum Gasteiger partial charge on any atom is 0.321 e. The molecule has 0 atom stereocenters. The van der Waals surface area contributed by atoms with Gasteiger partial charge in [0.2, 0.25) is 5.96 Å². The van der Waals surface area contributed by atoms with Crippen LogP contribution in [-0.4, -0.2) is 60.7 Å². The highest BCUT2D eigenvalue weighted by molar-refractivity contribution is 6.20. The lowest BCUT2D eigenvalue weighted by molar-refractivity contribution is 0.247. The van der Waals surface area contributed by atoms with Gasteiger partial charge in [-0.2, -0.15) is 15.0 Å². The molecule has 20 heavy (non-hydrogen) atoms. The van der Waals surface area contributed by atoms with E-state index in [1.165, 1.54) is 0 Å². The summed E-state index contributed by atoms with van der Waals surface area (Å²) in [5.41, 5.74) is 0. The molecule has 3 heterocycles. The summed E-state index contributed by atoms with van der Waals surface area (Å²) in [4.78, 5) is 21.3. The topological polar surface area (TPSA) is 65.2 Å². The molecule has 0 fully saturated rings. The van der Waals surface area contributed by atoms with E-state index in [9.17, 15) is 0 Å². The van der Waals surface area contributed by atoms with Crippen LogP contribution in [0.4, 0.5) is 0 Å². The molecule has 3 aliphatic heterocycles. The van der Waals surface area contributed by atoms with Gasteiger partial charge in [-0.05, 0) is 33.2 Å². The summed E-state index contributed by atoms with van der Waals surface area (Å²) in [5.74, 6) is 2.74. The van der Waals surface area contributed by atoms with Crippen molar-refractivity contribution in [1.82, 2.24) is 9.80 Å². The normalized spacial score (nSPS) is 19.8. The highest BCUT2D eigenvalue weighted by Crippen LogP contribution is 2.22. The van der Waals surface area contributed by atoms with Gasteiger partial charge in [-0.1, -0.05) is 6.08 Å². The van der Waals surface area contributed by atoms with Crippen LogP contribution < -0.4 is 0 Å². The molecule has 0 bridgehead atoms. The second kappa shape index (κ2) is 5.01. The van der Waals surface area contributed by atoms with Crippen LogP contribution in [0.25, 0.3) is 0 Å². The van der Waals surface area contributed by atoms with Crippen LogP contribution in [0.15, 0.2) is 44.0 Å². The van der Waals surface area contributed by atoms with Crippen molar-refractivity contribution in [3.05, 3.63) is 24.0 Å². The molecule has 104 valence electrons. The van der Waals surface area contributed by atoms with Crippen molar-refractivity contribution < 1.29 is 4.74 Å². The van der Waals surface area contributed by atoms with Gasteiger partial charge >= 0.3 is 6.02 Å². The highest BCUT2D eigenvalue weighted by Gasteiger charge is 2.30. The summed E-state index contributed by atoms with van der Waals surface area (Å²) in [6, 6.07) is 0.345. The summed E-state index contributed by atoms with van der Waals surface area (Å²) >= 11 is 0. The van der Waals surface area contributed by atoms with E-state index in [1.807, 2.05) is 49.0 Å². The van der Waals surface area contributed by atoms with Crippen molar-refractivity contribution in [1.29, 1.82) is 0 Å². The zero-order chi connectivity index (χ0) is 14.1. The lowest BCUT2D eigenvalue weighted by atomic mass is 10.3. The second-order valence-corrected chi connectivity index (χ2v) is 4.81. The van der Waals surface area contributed by atoms with E-state index >= 15 is 0 Å². The van der Waals surface area contributed by atoms with Crippen LogP contribution in [0.2, 0.25) is 0 Å². The molecular weight excluding hydrogens is 256 g/mol. The van der Waals surface area contributed by atoms with Gasteiger partial charge in [-0.25, -0.2) is 9.89 Å². The van der Waals surface area contributed by atoms with Crippen LogP contribution in [0.3, 0.4) is 0 Å². The van der Waals surface area contributed by atoms with Gasteiger partial charge in [0.15, 0.2) is 0 Å². The highest BCUT2D eigenvalue weighted by atomic mass is 16.5. The summed E-state index contributed by atoms with van der Waals surface area (Å²) in [7, 11) is 3.98. The van der Waals surface area contributed by atoms with E-state index in [0.717, 1.165) is 18.2 Å². The largest absolute Gasteiger partial charge is 0.462 e. The average molecular weight is 272 g/mol. The van der Waals surface area contributed by atoms with Crippen molar-refractivity contribution in [3.8, 4) is 0 Å². The fraction of sp³-hybridized carbons (Fsp3) is 0.385. The predicted molar refractivity (Wildman–Crippen MR) is 79.0 cm³/mol. The number of nitrogens with zero attached hydrogens (tertiary/aromatic N) is 6. The Labute approximate surface area is 117 Å². The third kappa shape index (κ3) is 2.39. The molecule has 7 nitrogen and oxygen atoms in total. The van der Waals surface area contributed by atoms with E-state index < -0.39 is 0 Å². The number of aliphatic imine (C=N–C) groups is 4. The van der Waals surface area contributed by atoms with E-state index in [1.54, 1.807) is 0 Å². The average Bonchev–Trinajstić information content (AvgIpc) is 2.37. The fourth-order valence-corrected chi connectivity index (χ4v) is 1.92. The summed E-state index contributed by atoms with van der Waals surface area (Å²) in [6.45, 7) is 3.19. The first-order chi connectivity index (χ1) is 9.63. The van der Waals surface area contributed by atoms with Gasteiger partial charge in [0, 0.05) is 6.54 Å². The Balaban J connectivity index is 1.84. The van der Waals surface area contributed by atoms with E-state index in [2.05, 4.69) is 20.0 Å². The molecule has 3 rings (SSSR count). The smallest absolute Gasteiger partial charge is 0.321 e. The molecule has 7 heteroatoms. The lowest BCUT2D eigenvalue weighted by Crippen LogP contribution is -2.41. The number of allylic oxidation sites excluding steroid dienone is 2. The van der Waals surface area contributed by atoms with Crippen LogP contribution >= 0.6 is 0 Å². The molecule has 3 aliphatic rings.